The number of carbonyl (C=O) groups excluding carboxylic acids is 1. The molecule has 9 heteroatoms. The lowest BCUT2D eigenvalue weighted by Gasteiger charge is -2.24. The molecule has 3 aromatic rings. The van der Waals surface area contributed by atoms with E-state index < -0.39 is 11.8 Å². The first-order valence-electron chi connectivity index (χ1n) is 10.2. The molecule has 9 nitrogen and oxygen atoms in total. The molecule has 2 heterocycles. The maximum Gasteiger partial charge on any atom is 0.267 e. The van der Waals surface area contributed by atoms with Crippen LogP contribution in [0.25, 0.3) is 0 Å². The lowest BCUT2D eigenvalue weighted by molar-refractivity contribution is -0.118. The van der Waals surface area contributed by atoms with Crippen molar-refractivity contribution in [3.8, 4) is 23.0 Å². The third kappa shape index (κ3) is 4.27. The van der Waals surface area contributed by atoms with Crippen LogP contribution in [-0.2, 0) is 11.2 Å². The molecule has 1 amide bonds. The van der Waals surface area contributed by atoms with E-state index in [0.29, 0.717) is 53.7 Å². The molecule has 32 heavy (non-hydrogen) atoms. The fourth-order valence-electron chi connectivity index (χ4n) is 3.94. The summed E-state index contributed by atoms with van der Waals surface area (Å²) in [6.45, 7) is 0.810. The van der Waals surface area contributed by atoms with Gasteiger partial charge in [0.05, 0.1) is 14.2 Å². The number of nitrogens with one attached hydrogen (secondary N) is 2. The number of fused-ring (bicyclic) bond motifs is 1. The molecule has 0 radical (unpaired) electrons. The molecule has 168 valence electrons. The van der Waals surface area contributed by atoms with Gasteiger partial charge in [0.1, 0.15) is 19.0 Å². The van der Waals surface area contributed by atoms with Crippen LogP contribution < -0.4 is 30.2 Å². The van der Waals surface area contributed by atoms with Gasteiger partial charge in [0.25, 0.3) is 5.56 Å². The molecule has 4 N–H and O–H groups in total. The molecule has 0 bridgehead atoms. The van der Waals surface area contributed by atoms with E-state index in [1.807, 2.05) is 24.3 Å². The summed E-state index contributed by atoms with van der Waals surface area (Å²) in [6.07, 6.45) is 0.397. The van der Waals surface area contributed by atoms with Gasteiger partial charge in [-0.1, -0.05) is 12.1 Å². The second-order valence-corrected chi connectivity index (χ2v) is 7.47. The molecule has 1 aliphatic heterocycles. The van der Waals surface area contributed by atoms with Crippen LogP contribution in [0.3, 0.4) is 0 Å². The maximum absolute atomic E-state index is 12.8. The summed E-state index contributed by atoms with van der Waals surface area (Å²) in [5.74, 6) is 1.09. The van der Waals surface area contributed by atoms with Crippen LogP contribution in [0.1, 0.15) is 34.7 Å². The van der Waals surface area contributed by atoms with Gasteiger partial charge in [-0.25, -0.2) is 0 Å². The Hall–Kier alpha value is -3.88. The topological polar surface area (TPSA) is 129 Å². The smallest absolute Gasteiger partial charge is 0.267 e. The number of nitrogens with two attached hydrogens (primary N) is 1. The van der Waals surface area contributed by atoms with Crippen molar-refractivity contribution in [2.24, 2.45) is 5.73 Å². The number of hydrogen-bond donors (Lipinski definition) is 3. The summed E-state index contributed by atoms with van der Waals surface area (Å²) in [4.78, 5) is 24.8. The lowest BCUT2D eigenvalue weighted by atomic mass is 9.86. The van der Waals surface area contributed by atoms with Gasteiger partial charge in [-0.2, -0.15) is 0 Å². The molecule has 1 aromatic heterocycles. The van der Waals surface area contributed by atoms with Gasteiger partial charge in [-0.3, -0.25) is 14.7 Å². The third-order valence-corrected chi connectivity index (χ3v) is 5.44. The van der Waals surface area contributed by atoms with Crippen LogP contribution >= 0.6 is 0 Å². The van der Waals surface area contributed by atoms with Crippen molar-refractivity contribution in [1.29, 1.82) is 0 Å². The number of primary amides is 1. The summed E-state index contributed by atoms with van der Waals surface area (Å²) in [5.41, 5.74) is 8.01. The molecular weight excluding hydrogens is 414 g/mol. The minimum Gasteiger partial charge on any atom is -0.497 e. The molecule has 1 atom stereocenters. The Bertz CT molecular complexity index is 1150. The Labute approximate surface area is 184 Å². The standard InChI is InChI=1S/C23H25N3O6/c1-29-15-5-3-13(4-6-15)9-17-21(23(28)26-25-17)16(12-20(24)27)14-10-18(30-2)22-19(11-14)31-7-8-32-22/h3-6,10-11,16H,7-9,12H2,1-2H3,(H2,24,27)(H2,25,26,28). The number of aromatic nitrogens is 2. The molecule has 4 rings (SSSR count). The highest BCUT2D eigenvalue weighted by molar-refractivity contribution is 5.76. The minimum absolute atomic E-state index is 0.0562. The summed E-state index contributed by atoms with van der Waals surface area (Å²) < 4.78 is 22.1. The van der Waals surface area contributed by atoms with Gasteiger partial charge in [-0.05, 0) is 35.4 Å². The van der Waals surface area contributed by atoms with Crippen molar-refractivity contribution in [2.45, 2.75) is 18.8 Å². The summed E-state index contributed by atoms with van der Waals surface area (Å²) in [7, 11) is 3.13. The Balaban J connectivity index is 1.77. The molecule has 1 unspecified atom stereocenters. The number of rotatable bonds is 8. The van der Waals surface area contributed by atoms with Crippen LogP contribution in [-0.4, -0.2) is 43.5 Å². The maximum atomic E-state index is 12.8. The molecular formula is C23H25N3O6. The van der Waals surface area contributed by atoms with Crippen LogP contribution in [0.2, 0.25) is 0 Å². The largest absolute Gasteiger partial charge is 0.497 e. The lowest BCUT2D eigenvalue weighted by Crippen LogP contribution is -2.22. The second-order valence-electron chi connectivity index (χ2n) is 7.47. The monoisotopic (exact) mass is 439 g/mol. The van der Waals surface area contributed by atoms with E-state index in [-0.39, 0.29) is 12.0 Å². The fraction of sp³-hybridized carbons (Fsp3) is 0.304. The molecule has 0 fully saturated rings. The Morgan fingerprint density at radius 1 is 1.09 bits per heavy atom. The highest BCUT2D eigenvalue weighted by atomic mass is 16.6. The number of hydrogen-bond acceptors (Lipinski definition) is 6. The normalized spacial score (nSPS) is 13.4. The van der Waals surface area contributed by atoms with Gasteiger partial charge in [0, 0.05) is 30.0 Å². The predicted octanol–water partition coefficient (Wildman–Crippen LogP) is 2.09. The molecule has 0 saturated heterocycles. The third-order valence-electron chi connectivity index (χ3n) is 5.44. The van der Waals surface area contributed by atoms with Gasteiger partial charge in [-0.15, -0.1) is 0 Å². The Morgan fingerprint density at radius 2 is 1.84 bits per heavy atom. The van der Waals surface area contributed by atoms with E-state index >= 15 is 0 Å². The Morgan fingerprint density at radius 3 is 2.53 bits per heavy atom. The summed E-state index contributed by atoms with van der Waals surface area (Å²) in [6, 6.07) is 11.1. The first kappa shape index (κ1) is 21.4. The number of H-pyrrole nitrogens is 2. The van der Waals surface area contributed by atoms with Crippen LogP contribution in [0.15, 0.2) is 41.2 Å². The number of amides is 1. The van der Waals surface area contributed by atoms with Crippen molar-refractivity contribution < 1.29 is 23.7 Å². The zero-order chi connectivity index (χ0) is 22.7. The Kier molecular flexibility index (Phi) is 6.07. The highest BCUT2D eigenvalue weighted by Crippen LogP contribution is 2.43. The first-order chi connectivity index (χ1) is 15.5. The number of ether oxygens (including phenoxy) is 4. The molecule has 1 aliphatic rings. The number of methoxy groups -OCH3 is 2. The van der Waals surface area contributed by atoms with Crippen molar-refractivity contribution in [3.05, 3.63) is 69.1 Å². The van der Waals surface area contributed by atoms with Crippen molar-refractivity contribution in [3.63, 3.8) is 0 Å². The average molecular weight is 439 g/mol. The quantitative estimate of drug-likeness (QED) is 0.493. The van der Waals surface area contributed by atoms with Gasteiger partial charge in [0.2, 0.25) is 11.7 Å². The van der Waals surface area contributed by atoms with Gasteiger partial charge >= 0.3 is 0 Å². The van der Waals surface area contributed by atoms with Crippen molar-refractivity contribution >= 4 is 5.91 Å². The first-order valence-corrected chi connectivity index (χ1v) is 10.2. The zero-order valence-electron chi connectivity index (χ0n) is 17.9. The van der Waals surface area contributed by atoms with E-state index in [0.717, 1.165) is 11.3 Å². The number of carbonyl (C=O) groups is 1. The van der Waals surface area contributed by atoms with Gasteiger partial charge < -0.3 is 29.8 Å². The molecule has 0 aliphatic carbocycles. The number of benzene rings is 2. The van der Waals surface area contributed by atoms with E-state index in [9.17, 15) is 9.59 Å². The molecule has 0 saturated carbocycles. The number of aromatic amines is 2. The van der Waals surface area contributed by atoms with Crippen molar-refractivity contribution in [2.75, 3.05) is 27.4 Å². The fourth-order valence-corrected chi connectivity index (χ4v) is 3.94. The van der Waals surface area contributed by atoms with Crippen LogP contribution in [0.4, 0.5) is 0 Å². The van der Waals surface area contributed by atoms with E-state index in [2.05, 4.69) is 10.2 Å². The average Bonchev–Trinajstić information content (AvgIpc) is 3.16. The highest BCUT2D eigenvalue weighted by Gasteiger charge is 2.28. The van der Waals surface area contributed by atoms with Gasteiger partial charge in [0.15, 0.2) is 11.5 Å². The second kappa shape index (κ2) is 9.09. The van der Waals surface area contributed by atoms with E-state index in [1.165, 1.54) is 7.11 Å². The van der Waals surface area contributed by atoms with E-state index in [1.54, 1.807) is 19.2 Å². The summed E-state index contributed by atoms with van der Waals surface area (Å²) in [5, 5.41) is 5.61. The SMILES string of the molecule is COc1ccc(Cc2[nH][nH]c(=O)c2C(CC(N)=O)c2cc(OC)c3c(c2)OCCO3)cc1. The van der Waals surface area contributed by atoms with Crippen LogP contribution in [0, 0.1) is 0 Å². The molecule has 2 aromatic carbocycles. The predicted molar refractivity (Wildman–Crippen MR) is 117 cm³/mol. The van der Waals surface area contributed by atoms with Crippen molar-refractivity contribution in [1.82, 2.24) is 10.2 Å². The minimum atomic E-state index is -0.597. The molecule has 0 spiro atoms. The zero-order valence-corrected chi connectivity index (χ0v) is 17.9. The van der Waals surface area contributed by atoms with Crippen LogP contribution in [0.5, 0.6) is 23.0 Å². The summed E-state index contributed by atoms with van der Waals surface area (Å²) >= 11 is 0. The van der Waals surface area contributed by atoms with E-state index in [4.69, 9.17) is 24.7 Å².